The number of carbonyl (C=O) groups excluding carboxylic acids is 1. The number of hydrogen-bond acceptors (Lipinski definition) is 5. The van der Waals surface area contributed by atoms with Crippen LogP contribution < -0.4 is 10.1 Å². The molecule has 1 atom stereocenters. The third kappa shape index (κ3) is 4.13. The number of nitrogens with zero attached hydrogens (tertiary/aromatic N) is 4. The number of aromatic nitrogens is 4. The second-order valence-corrected chi connectivity index (χ2v) is 5.87. The number of ether oxygens (including phenoxy) is 1. The largest absolute Gasteiger partial charge is 0.481 e. The molecule has 128 valence electrons. The Balaban J connectivity index is 1.62. The van der Waals surface area contributed by atoms with Crippen molar-refractivity contribution < 1.29 is 9.53 Å². The van der Waals surface area contributed by atoms with Crippen LogP contribution in [-0.4, -0.2) is 32.2 Å². The lowest BCUT2D eigenvalue weighted by Crippen LogP contribution is -2.30. The first kappa shape index (κ1) is 16.9. The molecule has 1 heterocycles. The van der Waals surface area contributed by atoms with Crippen molar-refractivity contribution in [2.24, 2.45) is 0 Å². The molecule has 0 aliphatic heterocycles. The summed E-state index contributed by atoms with van der Waals surface area (Å²) in [5, 5.41) is 14.4. The van der Waals surface area contributed by atoms with Crippen LogP contribution in [0.4, 0.5) is 5.69 Å². The minimum atomic E-state index is -0.653. The molecule has 3 rings (SSSR count). The normalized spacial score (nSPS) is 11.8. The van der Waals surface area contributed by atoms with Gasteiger partial charge in [-0.25, -0.2) is 4.68 Å². The highest BCUT2D eigenvalue weighted by atomic mass is 35.5. The van der Waals surface area contributed by atoms with E-state index in [9.17, 15) is 4.79 Å². The van der Waals surface area contributed by atoms with Gasteiger partial charge in [-0.05, 0) is 72.3 Å². The number of anilines is 1. The molecule has 25 heavy (non-hydrogen) atoms. The molecule has 1 amide bonds. The number of tetrazole rings is 1. The molecule has 0 spiro atoms. The first-order valence-corrected chi connectivity index (χ1v) is 7.98. The van der Waals surface area contributed by atoms with E-state index in [4.69, 9.17) is 16.3 Å². The Bertz CT molecular complexity index is 865. The average Bonchev–Trinajstić information content (AvgIpc) is 3.13. The summed E-state index contributed by atoms with van der Waals surface area (Å²) in [5.74, 6) is 0.348. The summed E-state index contributed by atoms with van der Waals surface area (Å²) in [6.45, 7) is 3.57. The summed E-state index contributed by atoms with van der Waals surface area (Å²) < 4.78 is 7.19. The first-order valence-electron chi connectivity index (χ1n) is 7.60. The van der Waals surface area contributed by atoms with E-state index in [1.54, 1.807) is 49.4 Å². The standard InChI is InChI=1S/C17H16ClN5O2/c1-11-9-15(7-8-16(11)18)25-12(2)17(24)20-13-3-5-14(6-4-13)23-10-19-21-22-23/h3-10,12H,1-2H3,(H,20,24). The zero-order chi connectivity index (χ0) is 17.8. The van der Waals surface area contributed by atoms with E-state index in [-0.39, 0.29) is 5.91 Å². The third-order valence-corrected chi connectivity index (χ3v) is 3.98. The monoisotopic (exact) mass is 357 g/mol. The molecule has 3 aromatic rings. The maximum absolute atomic E-state index is 12.3. The van der Waals surface area contributed by atoms with Gasteiger partial charge in [0, 0.05) is 10.7 Å². The van der Waals surface area contributed by atoms with E-state index < -0.39 is 6.10 Å². The fraction of sp³-hybridized carbons (Fsp3) is 0.176. The highest BCUT2D eigenvalue weighted by molar-refractivity contribution is 6.31. The summed E-state index contributed by atoms with van der Waals surface area (Å²) in [6.07, 6.45) is 0.845. The Morgan fingerprint density at radius 3 is 2.64 bits per heavy atom. The third-order valence-electron chi connectivity index (χ3n) is 3.56. The van der Waals surface area contributed by atoms with Crippen molar-refractivity contribution in [3.63, 3.8) is 0 Å². The van der Waals surface area contributed by atoms with Crippen molar-refractivity contribution in [2.75, 3.05) is 5.32 Å². The SMILES string of the molecule is Cc1cc(OC(C)C(=O)Nc2ccc(-n3cnnn3)cc2)ccc1Cl. The molecule has 0 fully saturated rings. The quantitative estimate of drug-likeness (QED) is 0.759. The maximum atomic E-state index is 12.3. The van der Waals surface area contributed by atoms with Gasteiger partial charge in [0.2, 0.25) is 0 Å². The number of amides is 1. The Kier molecular flexibility index (Phi) is 4.95. The number of aryl methyl sites for hydroxylation is 1. The molecule has 0 bridgehead atoms. The minimum Gasteiger partial charge on any atom is -0.481 e. The van der Waals surface area contributed by atoms with E-state index in [2.05, 4.69) is 20.8 Å². The van der Waals surface area contributed by atoms with E-state index in [0.717, 1.165) is 11.3 Å². The van der Waals surface area contributed by atoms with Gasteiger partial charge in [0.15, 0.2) is 6.10 Å². The number of hydrogen-bond donors (Lipinski definition) is 1. The number of carbonyl (C=O) groups is 1. The average molecular weight is 358 g/mol. The molecule has 0 saturated carbocycles. The van der Waals surface area contributed by atoms with E-state index in [1.165, 1.54) is 11.0 Å². The number of nitrogens with one attached hydrogen (secondary N) is 1. The minimum absolute atomic E-state index is 0.247. The van der Waals surface area contributed by atoms with E-state index in [1.807, 2.05) is 6.92 Å². The number of rotatable bonds is 5. The van der Waals surface area contributed by atoms with Gasteiger partial charge >= 0.3 is 0 Å². The van der Waals surface area contributed by atoms with Crippen molar-refractivity contribution in [3.8, 4) is 11.4 Å². The van der Waals surface area contributed by atoms with Crippen LogP contribution in [0.5, 0.6) is 5.75 Å². The van der Waals surface area contributed by atoms with Crippen LogP contribution in [0.3, 0.4) is 0 Å². The molecule has 0 aliphatic carbocycles. The second kappa shape index (κ2) is 7.31. The summed E-state index contributed by atoms with van der Waals surface area (Å²) in [7, 11) is 0. The van der Waals surface area contributed by atoms with Crippen LogP contribution in [0.15, 0.2) is 48.8 Å². The molecule has 1 aromatic heterocycles. The molecule has 0 radical (unpaired) electrons. The molecule has 0 aliphatic rings. The smallest absolute Gasteiger partial charge is 0.265 e. The van der Waals surface area contributed by atoms with Crippen molar-refractivity contribution in [1.82, 2.24) is 20.2 Å². The van der Waals surface area contributed by atoms with Crippen molar-refractivity contribution in [1.29, 1.82) is 0 Å². The summed E-state index contributed by atoms with van der Waals surface area (Å²) in [6, 6.07) is 12.4. The summed E-state index contributed by atoms with van der Waals surface area (Å²) >= 11 is 5.99. The molecule has 8 heteroatoms. The first-order chi connectivity index (χ1) is 12.0. The molecular formula is C17H16ClN5O2. The number of halogens is 1. The van der Waals surface area contributed by atoms with Crippen molar-refractivity contribution in [3.05, 3.63) is 59.4 Å². The topological polar surface area (TPSA) is 81.9 Å². The Morgan fingerprint density at radius 2 is 2.00 bits per heavy atom. The predicted molar refractivity (Wildman–Crippen MR) is 94.1 cm³/mol. The molecular weight excluding hydrogens is 342 g/mol. The van der Waals surface area contributed by atoms with E-state index in [0.29, 0.717) is 16.5 Å². The van der Waals surface area contributed by atoms with Gasteiger partial charge in [0.05, 0.1) is 5.69 Å². The van der Waals surface area contributed by atoms with Crippen LogP contribution in [0.1, 0.15) is 12.5 Å². The van der Waals surface area contributed by atoms with Gasteiger partial charge < -0.3 is 10.1 Å². The Labute approximate surface area is 149 Å². The van der Waals surface area contributed by atoms with Gasteiger partial charge in [-0.3, -0.25) is 4.79 Å². The van der Waals surface area contributed by atoms with E-state index >= 15 is 0 Å². The molecule has 7 nitrogen and oxygen atoms in total. The summed E-state index contributed by atoms with van der Waals surface area (Å²) in [5.41, 5.74) is 2.35. The lowest BCUT2D eigenvalue weighted by Gasteiger charge is -2.15. The zero-order valence-electron chi connectivity index (χ0n) is 13.7. The molecule has 1 N–H and O–H groups in total. The van der Waals surface area contributed by atoms with Crippen molar-refractivity contribution >= 4 is 23.2 Å². The van der Waals surface area contributed by atoms with Crippen molar-refractivity contribution in [2.45, 2.75) is 20.0 Å². The Morgan fingerprint density at radius 1 is 1.24 bits per heavy atom. The fourth-order valence-corrected chi connectivity index (χ4v) is 2.29. The summed E-state index contributed by atoms with van der Waals surface area (Å²) in [4.78, 5) is 12.3. The van der Waals surface area contributed by atoms with Gasteiger partial charge in [-0.15, -0.1) is 5.10 Å². The van der Waals surface area contributed by atoms with Crippen LogP contribution >= 0.6 is 11.6 Å². The highest BCUT2D eigenvalue weighted by Gasteiger charge is 2.15. The lowest BCUT2D eigenvalue weighted by molar-refractivity contribution is -0.122. The fourth-order valence-electron chi connectivity index (χ4n) is 2.17. The second-order valence-electron chi connectivity index (χ2n) is 5.46. The van der Waals surface area contributed by atoms with Crippen LogP contribution in [-0.2, 0) is 4.79 Å². The van der Waals surface area contributed by atoms with Gasteiger partial charge in [-0.1, -0.05) is 11.6 Å². The Hall–Kier alpha value is -2.93. The molecule has 1 unspecified atom stereocenters. The predicted octanol–water partition coefficient (Wildman–Crippen LogP) is 3.03. The van der Waals surface area contributed by atoms with Crippen LogP contribution in [0.25, 0.3) is 5.69 Å². The lowest BCUT2D eigenvalue weighted by atomic mass is 10.2. The molecule has 0 saturated heterocycles. The zero-order valence-corrected chi connectivity index (χ0v) is 14.4. The highest BCUT2D eigenvalue weighted by Crippen LogP contribution is 2.22. The van der Waals surface area contributed by atoms with Gasteiger partial charge in [0.25, 0.3) is 5.91 Å². The maximum Gasteiger partial charge on any atom is 0.265 e. The van der Waals surface area contributed by atoms with Gasteiger partial charge in [-0.2, -0.15) is 0 Å². The van der Waals surface area contributed by atoms with Crippen LogP contribution in [0.2, 0.25) is 5.02 Å². The van der Waals surface area contributed by atoms with Gasteiger partial charge in [0.1, 0.15) is 12.1 Å². The number of benzene rings is 2. The molecule has 2 aromatic carbocycles. The van der Waals surface area contributed by atoms with Crippen LogP contribution in [0, 0.1) is 6.92 Å².